The Balaban J connectivity index is 2.89. The fourth-order valence-electron chi connectivity index (χ4n) is 1.89. The smallest absolute Gasteiger partial charge is 0.0948 e. The summed E-state index contributed by atoms with van der Waals surface area (Å²) in [6.45, 7) is 8.18. The minimum Gasteiger partial charge on any atom is -0.333 e. The first-order valence-electron chi connectivity index (χ1n) is 6.03. The molecule has 0 aliphatic rings. The van der Waals surface area contributed by atoms with Crippen molar-refractivity contribution < 1.29 is 0 Å². The Morgan fingerprint density at radius 1 is 1.50 bits per heavy atom. The molecule has 0 saturated heterocycles. The van der Waals surface area contributed by atoms with Crippen molar-refractivity contribution in [3.8, 4) is 0 Å². The third-order valence-corrected chi connectivity index (χ3v) is 3.08. The van der Waals surface area contributed by atoms with E-state index in [-0.39, 0.29) is 6.04 Å². The number of hydrogen-bond donors (Lipinski definition) is 1. The quantitative estimate of drug-likeness (QED) is 0.799. The Hall–Kier alpha value is -0.870. The van der Waals surface area contributed by atoms with Crippen LogP contribution in [0, 0.1) is 0 Å². The van der Waals surface area contributed by atoms with Gasteiger partial charge >= 0.3 is 0 Å². The van der Waals surface area contributed by atoms with E-state index in [2.05, 4.69) is 42.3 Å². The lowest BCUT2D eigenvalue weighted by Gasteiger charge is -2.30. The molecule has 1 heterocycles. The molecule has 0 aliphatic heterocycles. The molecule has 1 unspecified atom stereocenters. The van der Waals surface area contributed by atoms with Crippen molar-refractivity contribution in [2.75, 3.05) is 13.6 Å². The maximum atomic E-state index is 5.88. The van der Waals surface area contributed by atoms with Crippen molar-refractivity contribution in [1.82, 2.24) is 14.5 Å². The summed E-state index contributed by atoms with van der Waals surface area (Å²) in [6.07, 6.45) is 4.95. The van der Waals surface area contributed by atoms with Crippen LogP contribution in [0.15, 0.2) is 12.5 Å². The van der Waals surface area contributed by atoms with Crippen molar-refractivity contribution in [3.63, 3.8) is 0 Å². The zero-order valence-corrected chi connectivity index (χ0v) is 10.8. The second-order valence-corrected chi connectivity index (χ2v) is 4.52. The van der Waals surface area contributed by atoms with Gasteiger partial charge in [-0.25, -0.2) is 4.98 Å². The number of nitrogens with zero attached hydrogens (tertiary/aromatic N) is 3. The Morgan fingerprint density at radius 2 is 2.19 bits per heavy atom. The monoisotopic (exact) mass is 224 g/mol. The Labute approximate surface area is 98.5 Å². The number of rotatable bonds is 6. The topological polar surface area (TPSA) is 47.1 Å². The van der Waals surface area contributed by atoms with E-state index in [1.165, 1.54) is 5.69 Å². The molecular formula is C12H24N4. The van der Waals surface area contributed by atoms with E-state index >= 15 is 0 Å². The first-order chi connectivity index (χ1) is 7.61. The van der Waals surface area contributed by atoms with Crippen molar-refractivity contribution in [2.45, 2.75) is 45.8 Å². The van der Waals surface area contributed by atoms with E-state index in [1.54, 1.807) is 0 Å². The SMILES string of the molecule is CCCn1cncc1C(CN)N(C)C(C)C. The Kier molecular flexibility index (Phi) is 4.96. The maximum absolute atomic E-state index is 5.88. The minimum atomic E-state index is 0.258. The highest BCUT2D eigenvalue weighted by Crippen LogP contribution is 2.20. The summed E-state index contributed by atoms with van der Waals surface area (Å²) in [7, 11) is 2.12. The zero-order valence-electron chi connectivity index (χ0n) is 10.8. The highest BCUT2D eigenvalue weighted by atomic mass is 15.2. The number of aryl methyl sites for hydroxylation is 1. The van der Waals surface area contributed by atoms with E-state index < -0.39 is 0 Å². The standard InChI is InChI=1S/C12H24N4/c1-5-6-16-9-14-8-12(16)11(7-13)15(4)10(2)3/h8-11H,5-7,13H2,1-4H3. The van der Waals surface area contributed by atoms with Gasteiger partial charge in [-0.2, -0.15) is 0 Å². The van der Waals surface area contributed by atoms with Crippen LogP contribution >= 0.6 is 0 Å². The lowest BCUT2D eigenvalue weighted by atomic mass is 10.1. The normalized spacial score (nSPS) is 13.7. The lowest BCUT2D eigenvalue weighted by molar-refractivity contribution is 0.193. The zero-order chi connectivity index (χ0) is 12.1. The van der Waals surface area contributed by atoms with Gasteiger partial charge in [0, 0.05) is 25.3 Å². The average Bonchev–Trinajstić information content (AvgIpc) is 2.68. The van der Waals surface area contributed by atoms with Crippen molar-refractivity contribution in [1.29, 1.82) is 0 Å². The van der Waals surface area contributed by atoms with E-state index in [1.807, 2.05) is 12.5 Å². The van der Waals surface area contributed by atoms with Crippen molar-refractivity contribution >= 4 is 0 Å². The van der Waals surface area contributed by atoms with Crippen molar-refractivity contribution in [2.24, 2.45) is 5.73 Å². The van der Waals surface area contributed by atoms with Crippen LogP contribution in [0.25, 0.3) is 0 Å². The fourth-order valence-corrected chi connectivity index (χ4v) is 1.89. The average molecular weight is 224 g/mol. The molecule has 4 nitrogen and oxygen atoms in total. The van der Waals surface area contributed by atoms with Crippen LogP contribution in [-0.2, 0) is 6.54 Å². The Morgan fingerprint density at radius 3 is 2.69 bits per heavy atom. The second-order valence-electron chi connectivity index (χ2n) is 4.52. The van der Waals surface area contributed by atoms with Gasteiger partial charge in [-0.3, -0.25) is 4.90 Å². The van der Waals surface area contributed by atoms with Gasteiger partial charge in [0.1, 0.15) is 0 Å². The van der Waals surface area contributed by atoms with Gasteiger partial charge in [-0.05, 0) is 27.3 Å². The molecule has 1 rings (SSSR count). The first-order valence-corrected chi connectivity index (χ1v) is 6.03. The van der Waals surface area contributed by atoms with Crippen molar-refractivity contribution in [3.05, 3.63) is 18.2 Å². The molecule has 0 aromatic carbocycles. The molecule has 2 N–H and O–H groups in total. The molecule has 92 valence electrons. The van der Waals surface area contributed by atoms with Crippen LogP contribution in [0.1, 0.15) is 38.9 Å². The molecule has 0 radical (unpaired) electrons. The predicted octanol–water partition coefficient (Wildman–Crippen LogP) is 1.63. The summed E-state index contributed by atoms with van der Waals surface area (Å²) in [5.74, 6) is 0. The van der Waals surface area contributed by atoms with Crippen LogP contribution in [0.3, 0.4) is 0 Å². The molecule has 0 amide bonds. The van der Waals surface area contributed by atoms with Gasteiger partial charge in [0.25, 0.3) is 0 Å². The van der Waals surface area contributed by atoms with E-state index in [4.69, 9.17) is 5.73 Å². The molecule has 0 spiro atoms. The number of nitrogens with two attached hydrogens (primary N) is 1. The molecule has 16 heavy (non-hydrogen) atoms. The summed E-state index contributed by atoms with van der Waals surface area (Å²) >= 11 is 0. The van der Waals surface area contributed by atoms with E-state index in [0.717, 1.165) is 13.0 Å². The molecule has 1 aromatic heterocycles. The summed E-state index contributed by atoms with van der Waals surface area (Å²) in [5.41, 5.74) is 7.11. The van der Waals surface area contributed by atoms with E-state index in [9.17, 15) is 0 Å². The van der Waals surface area contributed by atoms with Crippen LogP contribution in [0.2, 0.25) is 0 Å². The minimum absolute atomic E-state index is 0.258. The third kappa shape index (κ3) is 2.83. The Bertz CT molecular complexity index is 306. The molecule has 0 bridgehead atoms. The molecular weight excluding hydrogens is 200 g/mol. The highest BCUT2D eigenvalue weighted by Gasteiger charge is 2.20. The van der Waals surface area contributed by atoms with Crippen LogP contribution < -0.4 is 5.73 Å². The summed E-state index contributed by atoms with van der Waals surface area (Å²) in [4.78, 5) is 6.53. The molecule has 0 fully saturated rings. The fraction of sp³-hybridized carbons (Fsp3) is 0.750. The first kappa shape index (κ1) is 13.2. The maximum Gasteiger partial charge on any atom is 0.0948 e. The largest absolute Gasteiger partial charge is 0.333 e. The van der Waals surface area contributed by atoms with Crippen LogP contribution in [0.4, 0.5) is 0 Å². The number of aromatic nitrogens is 2. The van der Waals surface area contributed by atoms with Gasteiger partial charge in [0.2, 0.25) is 0 Å². The van der Waals surface area contributed by atoms with Gasteiger partial charge in [0.15, 0.2) is 0 Å². The van der Waals surface area contributed by atoms with E-state index in [0.29, 0.717) is 12.6 Å². The number of hydrogen-bond acceptors (Lipinski definition) is 3. The summed E-state index contributed by atoms with van der Waals surface area (Å²) in [6, 6.07) is 0.743. The molecule has 1 aromatic rings. The number of likely N-dealkylation sites (N-methyl/N-ethyl adjacent to an activating group) is 1. The molecule has 1 atom stereocenters. The van der Waals surface area contributed by atoms with Gasteiger partial charge < -0.3 is 10.3 Å². The summed E-state index contributed by atoms with van der Waals surface area (Å²) < 4.78 is 2.20. The third-order valence-electron chi connectivity index (χ3n) is 3.08. The van der Waals surface area contributed by atoms with Gasteiger partial charge in [0.05, 0.1) is 18.1 Å². The highest BCUT2D eigenvalue weighted by molar-refractivity contribution is 5.06. The second kappa shape index (κ2) is 6.01. The molecule has 0 saturated carbocycles. The van der Waals surface area contributed by atoms with Crippen LogP contribution in [-0.4, -0.2) is 34.1 Å². The molecule has 0 aliphatic carbocycles. The van der Waals surface area contributed by atoms with Crippen LogP contribution in [0.5, 0.6) is 0 Å². The predicted molar refractivity (Wildman–Crippen MR) is 67.2 cm³/mol. The lowest BCUT2D eigenvalue weighted by Crippen LogP contribution is -2.36. The number of imidazole rings is 1. The van der Waals surface area contributed by atoms with Gasteiger partial charge in [-0.15, -0.1) is 0 Å². The summed E-state index contributed by atoms with van der Waals surface area (Å²) in [5, 5.41) is 0. The molecule has 4 heteroatoms. The van der Waals surface area contributed by atoms with Gasteiger partial charge in [-0.1, -0.05) is 6.92 Å².